The van der Waals surface area contributed by atoms with E-state index in [1.165, 1.54) is 29.0 Å². The number of hydrogen-bond acceptors (Lipinski definition) is 5. The van der Waals surface area contributed by atoms with E-state index in [0.29, 0.717) is 28.1 Å². The number of nitrogens with zero attached hydrogens (tertiary/aromatic N) is 2. The third-order valence-corrected chi connectivity index (χ3v) is 4.92. The molecule has 0 bridgehead atoms. The molecule has 0 fully saturated rings. The molecule has 7 heteroatoms. The van der Waals surface area contributed by atoms with Gasteiger partial charge in [-0.15, -0.1) is 0 Å². The van der Waals surface area contributed by atoms with Crippen molar-refractivity contribution in [2.45, 2.75) is 26.8 Å². The van der Waals surface area contributed by atoms with Crippen molar-refractivity contribution in [2.75, 3.05) is 5.32 Å². The molecule has 3 aromatic rings. The van der Waals surface area contributed by atoms with Gasteiger partial charge in [0.2, 0.25) is 0 Å². The molecule has 0 saturated heterocycles. The summed E-state index contributed by atoms with van der Waals surface area (Å²) in [5.41, 5.74) is 2.95. The van der Waals surface area contributed by atoms with Gasteiger partial charge in [0.1, 0.15) is 16.5 Å². The van der Waals surface area contributed by atoms with E-state index in [1.807, 2.05) is 12.1 Å². The van der Waals surface area contributed by atoms with Crippen molar-refractivity contribution in [1.82, 2.24) is 15.3 Å². The van der Waals surface area contributed by atoms with Gasteiger partial charge >= 0.3 is 0 Å². The topological polar surface area (TPSA) is 66.9 Å². The number of carbonyl (C=O) groups excluding carboxylic acids is 1. The fraction of sp³-hybridized carbons (Fsp3) is 0.211. The molecule has 0 spiro atoms. The van der Waals surface area contributed by atoms with Crippen LogP contribution in [0.2, 0.25) is 0 Å². The molecule has 5 nitrogen and oxygen atoms in total. The highest BCUT2D eigenvalue weighted by Gasteiger charge is 2.15. The molecule has 0 aliphatic heterocycles. The lowest BCUT2D eigenvalue weighted by Crippen LogP contribution is -2.22. The Morgan fingerprint density at radius 1 is 1.15 bits per heavy atom. The summed E-state index contributed by atoms with van der Waals surface area (Å²) in [5.74, 6) is -0.0966. The fourth-order valence-corrected chi connectivity index (χ4v) is 3.27. The molecule has 0 atom stereocenters. The first kappa shape index (κ1) is 18.0. The normalized spacial score (nSPS) is 10.6. The first-order valence-corrected chi connectivity index (χ1v) is 9.09. The Bertz CT molecular complexity index is 891. The van der Waals surface area contributed by atoms with Crippen molar-refractivity contribution in [1.29, 1.82) is 0 Å². The van der Waals surface area contributed by atoms with E-state index >= 15 is 0 Å². The summed E-state index contributed by atoms with van der Waals surface area (Å²) >= 11 is 1.24. The minimum absolute atomic E-state index is 0.167. The van der Waals surface area contributed by atoms with E-state index in [2.05, 4.69) is 39.7 Å². The van der Waals surface area contributed by atoms with E-state index in [0.717, 1.165) is 18.2 Å². The van der Waals surface area contributed by atoms with E-state index in [9.17, 15) is 9.18 Å². The van der Waals surface area contributed by atoms with Gasteiger partial charge in [-0.3, -0.25) is 4.79 Å². The Labute approximate surface area is 155 Å². The second kappa shape index (κ2) is 8.05. The number of halogens is 1. The predicted molar refractivity (Wildman–Crippen MR) is 101 cm³/mol. The van der Waals surface area contributed by atoms with Gasteiger partial charge in [0.15, 0.2) is 5.13 Å². The molecule has 2 aromatic heterocycles. The maximum atomic E-state index is 12.9. The number of carbonyl (C=O) groups is 1. The van der Waals surface area contributed by atoms with Crippen LogP contribution in [0.25, 0.3) is 0 Å². The standard InChI is InChI=1S/C19H19FN4OS/c1-3-13-4-6-14(7-5-13)10-22-18(25)17-12(2)23-19(26-17)24-16-9-8-15(20)11-21-16/h4-9,11H,3,10H2,1-2H3,(H,22,25)(H,21,23,24). The van der Waals surface area contributed by atoms with Crippen molar-refractivity contribution in [3.63, 3.8) is 0 Å². The molecule has 1 amide bonds. The number of hydrogen-bond donors (Lipinski definition) is 2. The summed E-state index contributed by atoms with van der Waals surface area (Å²) < 4.78 is 12.9. The molecule has 0 aliphatic carbocycles. The highest BCUT2D eigenvalue weighted by Crippen LogP contribution is 2.25. The highest BCUT2D eigenvalue weighted by atomic mass is 32.1. The monoisotopic (exact) mass is 370 g/mol. The maximum Gasteiger partial charge on any atom is 0.263 e. The van der Waals surface area contributed by atoms with Gasteiger partial charge in [-0.1, -0.05) is 42.5 Å². The number of aryl methyl sites for hydroxylation is 2. The van der Waals surface area contributed by atoms with Gasteiger partial charge in [-0.25, -0.2) is 14.4 Å². The molecule has 2 heterocycles. The third-order valence-electron chi connectivity index (χ3n) is 3.85. The minimum atomic E-state index is -0.405. The smallest absolute Gasteiger partial charge is 0.263 e. The van der Waals surface area contributed by atoms with Gasteiger partial charge in [-0.05, 0) is 36.6 Å². The zero-order valence-corrected chi connectivity index (χ0v) is 15.4. The summed E-state index contributed by atoms with van der Waals surface area (Å²) in [6, 6.07) is 11.0. The molecule has 1 aromatic carbocycles. The first-order chi connectivity index (χ1) is 12.5. The van der Waals surface area contributed by atoms with E-state index in [1.54, 1.807) is 6.92 Å². The molecule has 134 valence electrons. The number of pyridine rings is 1. The number of amides is 1. The maximum absolute atomic E-state index is 12.9. The summed E-state index contributed by atoms with van der Waals surface area (Å²) in [6.07, 6.45) is 2.12. The average molecular weight is 370 g/mol. The van der Waals surface area contributed by atoms with Crippen LogP contribution in [0.4, 0.5) is 15.3 Å². The Kier molecular flexibility index (Phi) is 5.58. The molecule has 2 N–H and O–H groups in total. The lowest BCUT2D eigenvalue weighted by molar-refractivity contribution is 0.0954. The molecule has 26 heavy (non-hydrogen) atoms. The summed E-state index contributed by atoms with van der Waals surface area (Å²) in [5, 5.41) is 6.44. The van der Waals surface area contributed by atoms with Crippen LogP contribution >= 0.6 is 11.3 Å². The minimum Gasteiger partial charge on any atom is -0.347 e. The number of aromatic nitrogens is 2. The summed E-state index contributed by atoms with van der Waals surface area (Å²) in [7, 11) is 0. The lowest BCUT2D eigenvalue weighted by atomic mass is 10.1. The largest absolute Gasteiger partial charge is 0.347 e. The van der Waals surface area contributed by atoms with Crippen molar-refractivity contribution >= 4 is 28.2 Å². The van der Waals surface area contributed by atoms with E-state index in [-0.39, 0.29) is 5.91 Å². The molecule has 0 aliphatic rings. The van der Waals surface area contributed by atoms with Crippen LogP contribution in [-0.2, 0) is 13.0 Å². The number of nitrogens with one attached hydrogen (secondary N) is 2. The van der Waals surface area contributed by atoms with Crippen LogP contribution in [-0.4, -0.2) is 15.9 Å². The van der Waals surface area contributed by atoms with E-state index in [4.69, 9.17) is 0 Å². The zero-order valence-electron chi connectivity index (χ0n) is 14.5. The number of anilines is 2. The van der Waals surface area contributed by atoms with Crippen LogP contribution in [0.15, 0.2) is 42.6 Å². The van der Waals surface area contributed by atoms with Crippen LogP contribution in [0, 0.1) is 12.7 Å². The van der Waals surface area contributed by atoms with Crippen molar-refractivity contribution in [2.24, 2.45) is 0 Å². The van der Waals surface area contributed by atoms with Gasteiger partial charge in [0, 0.05) is 6.54 Å². The van der Waals surface area contributed by atoms with Crippen molar-refractivity contribution in [3.05, 3.63) is 70.1 Å². The Morgan fingerprint density at radius 3 is 2.54 bits per heavy atom. The van der Waals surface area contributed by atoms with Gasteiger partial charge in [0.05, 0.1) is 11.9 Å². The lowest BCUT2D eigenvalue weighted by Gasteiger charge is -2.05. The van der Waals surface area contributed by atoms with Crippen LogP contribution in [0.5, 0.6) is 0 Å². The Morgan fingerprint density at radius 2 is 1.88 bits per heavy atom. The van der Waals surface area contributed by atoms with E-state index < -0.39 is 5.82 Å². The molecule has 0 unspecified atom stereocenters. The summed E-state index contributed by atoms with van der Waals surface area (Å²) in [6.45, 7) is 4.35. The van der Waals surface area contributed by atoms with Crippen LogP contribution < -0.4 is 10.6 Å². The van der Waals surface area contributed by atoms with Gasteiger partial charge in [-0.2, -0.15) is 0 Å². The molecule has 0 radical (unpaired) electrons. The second-order valence-electron chi connectivity index (χ2n) is 5.77. The number of thiazole rings is 1. The predicted octanol–water partition coefficient (Wildman–Crippen LogP) is 4.22. The highest BCUT2D eigenvalue weighted by molar-refractivity contribution is 7.17. The van der Waals surface area contributed by atoms with Crippen LogP contribution in [0.1, 0.15) is 33.4 Å². The number of rotatable bonds is 6. The zero-order chi connectivity index (χ0) is 18.5. The van der Waals surface area contributed by atoms with Crippen molar-refractivity contribution in [3.8, 4) is 0 Å². The van der Waals surface area contributed by atoms with Gasteiger partial charge < -0.3 is 10.6 Å². The second-order valence-corrected chi connectivity index (χ2v) is 6.77. The average Bonchev–Trinajstić information content (AvgIpc) is 3.02. The first-order valence-electron chi connectivity index (χ1n) is 8.27. The molecule has 3 rings (SSSR count). The Balaban J connectivity index is 1.63. The molecular weight excluding hydrogens is 351 g/mol. The van der Waals surface area contributed by atoms with Crippen LogP contribution in [0.3, 0.4) is 0 Å². The number of benzene rings is 1. The third kappa shape index (κ3) is 4.43. The quantitative estimate of drug-likeness (QED) is 0.682. The van der Waals surface area contributed by atoms with Gasteiger partial charge in [0.25, 0.3) is 5.91 Å². The Hall–Kier alpha value is -2.80. The molecule has 0 saturated carbocycles. The summed E-state index contributed by atoms with van der Waals surface area (Å²) in [4.78, 5) is 21.2. The van der Waals surface area contributed by atoms with Crippen molar-refractivity contribution < 1.29 is 9.18 Å². The fourth-order valence-electron chi connectivity index (χ4n) is 2.38. The molecular formula is C19H19FN4OS. The SMILES string of the molecule is CCc1ccc(CNC(=O)c2sc(Nc3ccc(F)cn3)nc2C)cc1.